The second-order valence-corrected chi connectivity index (χ2v) is 8.06. The molecule has 5 heteroatoms. The zero-order chi connectivity index (χ0) is 21.4. The predicted octanol–water partition coefficient (Wildman–Crippen LogP) is 7.61. The van der Waals surface area contributed by atoms with Crippen LogP contribution >= 0.6 is 0 Å². The van der Waals surface area contributed by atoms with E-state index in [1.807, 2.05) is 12.1 Å². The summed E-state index contributed by atoms with van der Waals surface area (Å²) in [6, 6.07) is 7.37. The van der Waals surface area contributed by atoms with Crippen LogP contribution < -0.4 is 5.32 Å². The number of methoxy groups -OCH3 is 1. The van der Waals surface area contributed by atoms with Gasteiger partial charge in [-0.05, 0) is 44.0 Å². The van der Waals surface area contributed by atoms with Crippen molar-refractivity contribution in [1.82, 2.24) is 0 Å². The second-order valence-electron chi connectivity index (χ2n) is 8.06. The van der Waals surface area contributed by atoms with Gasteiger partial charge in [-0.1, -0.05) is 64.2 Å². The van der Waals surface area contributed by atoms with Gasteiger partial charge in [-0.15, -0.1) is 0 Å². The van der Waals surface area contributed by atoms with Crippen molar-refractivity contribution in [1.29, 1.82) is 0 Å². The molecule has 0 aliphatic rings. The van der Waals surface area contributed by atoms with Gasteiger partial charge in [0.1, 0.15) is 0 Å². The lowest BCUT2D eigenvalue weighted by Crippen LogP contribution is -2.08. The molecular weight excluding hydrogens is 372 g/mol. The van der Waals surface area contributed by atoms with Gasteiger partial charge in [0, 0.05) is 18.7 Å². The number of rotatable bonds is 17. The van der Waals surface area contributed by atoms with Crippen LogP contribution in [0.25, 0.3) is 0 Å². The summed E-state index contributed by atoms with van der Waals surface area (Å²) in [5, 5.41) is 3.38. The minimum absolute atomic E-state index is 0.0319. The molecule has 1 N–H and O–H groups in total. The molecule has 1 aromatic carbocycles. The third-order valence-corrected chi connectivity index (χ3v) is 5.18. The standard InChI is InChI=1S/C24H39F2NO2/c1-24(25,26)19-13-11-9-7-5-3-4-6-8-10-12-14-20-27-22-17-15-21(16-18-22)23(28)29-2/h15-18,27H,3-14,19-20H2,1-2H3. The highest BCUT2D eigenvalue weighted by Gasteiger charge is 2.19. The van der Waals surface area contributed by atoms with E-state index in [0.717, 1.165) is 38.4 Å². The lowest BCUT2D eigenvalue weighted by atomic mass is 10.0. The van der Waals surface area contributed by atoms with Crippen LogP contribution in [-0.2, 0) is 4.74 Å². The Morgan fingerprint density at radius 2 is 1.28 bits per heavy atom. The molecule has 0 aromatic heterocycles. The van der Waals surface area contributed by atoms with Crippen LogP contribution in [0.2, 0.25) is 0 Å². The molecule has 29 heavy (non-hydrogen) atoms. The third kappa shape index (κ3) is 14.0. The fraction of sp³-hybridized carbons (Fsp3) is 0.708. The molecule has 0 fully saturated rings. The van der Waals surface area contributed by atoms with Crippen LogP contribution in [0.5, 0.6) is 0 Å². The van der Waals surface area contributed by atoms with Crippen molar-refractivity contribution in [2.75, 3.05) is 19.0 Å². The number of hydrogen-bond donors (Lipinski definition) is 1. The number of esters is 1. The van der Waals surface area contributed by atoms with Gasteiger partial charge in [-0.3, -0.25) is 0 Å². The van der Waals surface area contributed by atoms with Crippen molar-refractivity contribution in [2.45, 2.75) is 96.3 Å². The molecule has 0 aliphatic carbocycles. The molecule has 0 amide bonds. The average Bonchev–Trinajstić information content (AvgIpc) is 2.70. The number of carbonyl (C=O) groups is 1. The summed E-state index contributed by atoms with van der Waals surface area (Å²) in [7, 11) is 1.39. The Balaban J connectivity index is 1.85. The summed E-state index contributed by atoms with van der Waals surface area (Å²) in [6.45, 7) is 1.96. The number of anilines is 1. The molecular formula is C24H39F2NO2. The second kappa shape index (κ2) is 15.2. The number of benzene rings is 1. The number of nitrogens with one attached hydrogen (secondary N) is 1. The van der Waals surface area contributed by atoms with E-state index in [0.29, 0.717) is 12.0 Å². The van der Waals surface area contributed by atoms with Gasteiger partial charge in [0.2, 0.25) is 5.92 Å². The number of alkyl halides is 2. The summed E-state index contributed by atoms with van der Waals surface area (Å²) in [5.74, 6) is -2.80. The average molecular weight is 412 g/mol. The maximum absolute atomic E-state index is 12.7. The first-order chi connectivity index (χ1) is 13.9. The van der Waals surface area contributed by atoms with Crippen molar-refractivity contribution in [2.24, 2.45) is 0 Å². The minimum atomic E-state index is -2.49. The third-order valence-electron chi connectivity index (χ3n) is 5.18. The maximum Gasteiger partial charge on any atom is 0.337 e. The number of hydrogen-bond acceptors (Lipinski definition) is 3. The van der Waals surface area contributed by atoms with Gasteiger partial charge in [0.05, 0.1) is 12.7 Å². The van der Waals surface area contributed by atoms with Gasteiger partial charge in [0.15, 0.2) is 0 Å². The number of halogens is 2. The van der Waals surface area contributed by atoms with E-state index in [2.05, 4.69) is 5.32 Å². The van der Waals surface area contributed by atoms with Gasteiger partial charge in [-0.2, -0.15) is 0 Å². The molecule has 0 heterocycles. The van der Waals surface area contributed by atoms with E-state index < -0.39 is 5.92 Å². The zero-order valence-electron chi connectivity index (χ0n) is 18.3. The van der Waals surface area contributed by atoms with Gasteiger partial charge < -0.3 is 10.1 Å². The van der Waals surface area contributed by atoms with Gasteiger partial charge >= 0.3 is 5.97 Å². The fourth-order valence-electron chi connectivity index (χ4n) is 3.40. The zero-order valence-corrected chi connectivity index (χ0v) is 18.3. The van der Waals surface area contributed by atoms with E-state index in [1.165, 1.54) is 58.5 Å². The number of unbranched alkanes of at least 4 members (excludes halogenated alkanes) is 11. The molecule has 3 nitrogen and oxygen atoms in total. The predicted molar refractivity (Wildman–Crippen MR) is 117 cm³/mol. The van der Waals surface area contributed by atoms with E-state index in [-0.39, 0.29) is 12.4 Å². The van der Waals surface area contributed by atoms with Crippen LogP contribution in [0, 0.1) is 0 Å². The summed E-state index contributed by atoms with van der Waals surface area (Å²) < 4.78 is 30.0. The van der Waals surface area contributed by atoms with E-state index in [1.54, 1.807) is 12.1 Å². The molecule has 0 bridgehead atoms. The molecule has 0 atom stereocenters. The number of ether oxygens (including phenoxy) is 1. The highest BCUT2D eigenvalue weighted by molar-refractivity contribution is 5.89. The Labute approximate surface area is 175 Å². The van der Waals surface area contributed by atoms with Crippen LogP contribution in [0.1, 0.15) is 101 Å². The molecule has 0 saturated carbocycles. The summed E-state index contributed by atoms with van der Waals surface area (Å²) in [4.78, 5) is 11.4. The first-order valence-corrected chi connectivity index (χ1v) is 11.2. The molecule has 0 saturated heterocycles. The topological polar surface area (TPSA) is 38.3 Å². The van der Waals surface area contributed by atoms with Crippen LogP contribution in [-0.4, -0.2) is 25.5 Å². The van der Waals surface area contributed by atoms with Crippen molar-refractivity contribution in [3.8, 4) is 0 Å². The molecule has 1 aromatic rings. The Bertz CT molecular complexity index is 541. The van der Waals surface area contributed by atoms with Crippen LogP contribution in [0.4, 0.5) is 14.5 Å². The van der Waals surface area contributed by atoms with Crippen molar-refractivity contribution < 1.29 is 18.3 Å². The maximum atomic E-state index is 12.7. The fourth-order valence-corrected chi connectivity index (χ4v) is 3.40. The highest BCUT2D eigenvalue weighted by atomic mass is 19.3. The molecule has 0 aliphatic heterocycles. The summed E-state index contributed by atoms with van der Waals surface area (Å²) in [6.07, 6.45) is 13.9. The normalized spacial score (nSPS) is 11.4. The van der Waals surface area contributed by atoms with E-state index in [4.69, 9.17) is 4.74 Å². The van der Waals surface area contributed by atoms with Gasteiger partial charge in [0.25, 0.3) is 0 Å². The molecule has 0 radical (unpaired) electrons. The summed E-state index contributed by atoms with van der Waals surface area (Å²) in [5.41, 5.74) is 1.60. The Hall–Kier alpha value is -1.65. The quantitative estimate of drug-likeness (QED) is 0.212. The smallest absolute Gasteiger partial charge is 0.337 e. The Kier molecular flexibility index (Phi) is 13.3. The molecule has 0 unspecified atom stereocenters. The largest absolute Gasteiger partial charge is 0.465 e. The van der Waals surface area contributed by atoms with Crippen molar-refractivity contribution >= 4 is 11.7 Å². The Morgan fingerprint density at radius 3 is 1.72 bits per heavy atom. The van der Waals surface area contributed by atoms with Crippen LogP contribution in [0.15, 0.2) is 24.3 Å². The highest BCUT2D eigenvalue weighted by Crippen LogP contribution is 2.21. The lowest BCUT2D eigenvalue weighted by molar-refractivity contribution is 0.0103. The molecule has 166 valence electrons. The number of carbonyl (C=O) groups excluding carboxylic acids is 1. The molecule has 1 rings (SSSR count). The lowest BCUT2D eigenvalue weighted by Gasteiger charge is -2.09. The molecule has 0 spiro atoms. The first-order valence-electron chi connectivity index (χ1n) is 11.2. The monoisotopic (exact) mass is 411 g/mol. The first kappa shape index (κ1) is 25.4. The minimum Gasteiger partial charge on any atom is -0.465 e. The van der Waals surface area contributed by atoms with E-state index >= 15 is 0 Å². The van der Waals surface area contributed by atoms with E-state index in [9.17, 15) is 13.6 Å². The summed E-state index contributed by atoms with van der Waals surface area (Å²) >= 11 is 0. The van der Waals surface area contributed by atoms with Crippen LogP contribution in [0.3, 0.4) is 0 Å². The van der Waals surface area contributed by atoms with Gasteiger partial charge in [-0.25, -0.2) is 13.6 Å². The van der Waals surface area contributed by atoms with Crippen molar-refractivity contribution in [3.05, 3.63) is 29.8 Å². The Morgan fingerprint density at radius 1 is 0.828 bits per heavy atom. The SMILES string of the molecule is COC(=O)c1ccc(NCCCCCCCCCCCCCCC(C)(F)F)cc1. The van der Waals surface area contributed by atoms with Crippen molar-refractivity contribution in [3.63, 3.8) is 0 Å².